The Morgan fingerprint density at radius 1 is 1.47 bits per heavy atom. The second kappa shape index (κ2) is 5.72. The van der Waals surface area contributed by atoms with E-state index >= 15 is 0 Å². The lowest BCUT2D eigenvalue weighted by Gasteiger charge is -2.16. The van der Waals surface area contributed by atoms with Crippen molar-refractivity contribution in [3.63, 3.8) is 0 Å². The number of hydrogen-bond donors (Lipinski definition) is 1. The fraction of sp³-hybridized carbons (Fsp3) is 0.417. The summed E-state index contributed by atoms with van der Waals surface area (Å²) in [4.78, 5) is 10.7. The zero-order valence-electron chi connectivity index (χ0n) is 10.7. The smallest absolute Gasteiger partial charge is 0.191 e. The molecule has 19 heavy (non-hydrogen) atoms. The topological polar surface area (TPSA) is 71.8 Å². The third kappa shape index (κ3) is 2.96. The van der Waals surface area contributed by atoms with Crippen LogP contribution in [0.4, 0.5) is 0 Å². The zero-order valence-corrected chi connectivity index (χ0v) is 13.1. The molecule has 0 aliphatic heterocycles. The van der Waals surface area contributed by atoms with Crippen LogP contribution in [0.15, 0.2) is 29.5 Å². The minimum atomic E-state index is 0. The molecule has 2 aromatic rings. The third-order valence-electron chi connectivity index (χ3n) is 3.23. The van der Waals surface area contributed by atoms with E-state index in [0.717, 1.165) is 11.3 Å². The summed E-state index contributed by atoms with van der Waals surface area (Å²) in [7, 11) is 1.99. The highest BCUT2D eigenvalue weighted by atomic mass is 127. The Kier molecular flexibility index (Phi) is 4.23. The molecule has 1 aliphatic rings. The van der Waals surface area contributed by atoms with E-state index in [1.165, 1.54) is 12.8 Å². The average molecular weight is 372 g/mol. The number of rotatable bonds is 3. The van der Waals surface area contributed by atoms with Gasteiger partial charge < -0.3 is 10.6 Å². The molecule has 0 spiro atoms. The maximum Gasteiger partial charge on any atom is 0.191 e. The Bertz CT molecular complexity index is 589. The van der Waals surface area contributed by atoms with E-state index in [4.69, 9.17) is 5.73 Å². The Morgan fingerprint density at radius 3 is 3.00 bits per heavy atom. The molecule has 0 radical (unpaired) electrons. The summed E-state index contributed by atoms with van der Waals surface area (Å²) in [6.07, 6.45) is 5.93. The second-order valence-electron chi connectivity index (χ2n) is 4.55. The van der Waals surface area contributed by atoms with Crippen molar-refractivity contribution in [2.24, 2.45) is 10.7 Å². The SMILES string of the molecule is CN(C(N)=NCc1ccnc2ccnn12)C1CC1.I. The van der Waals surface area contributed by atoms with Crippen molar-refractivity contribution in [2.45, 2.75) is 25.4 Å². The number of guanidine groups is 1. The van der Waals surface area contributed by atoms with Gasteiger partial charge in [0, 0.05) is 25.4 Å². The van der Waals surface area contributed by atoms with Gasteiger partial charge in [-0.1, -0.05) is 0 Å². The standard InChI is InChI=1S/C12H16N6.HI/c1-17(9-2-3-9)12(13)15-8-10-4-6-14-11-5-7-16-18(10)11;/h4-7,9H,2-3,8H2,1H3,(H2,13,15);1H. The molecule has 1 fully saturated rings. The largest absolute Gasteiger partial charge is 0.370 e. The van der Waals surface area contributed by atoms with Crippen LogP contribution in [0, 0.1) is 0 Å². The van der Waals surface area contributed by atoms with Crippen LogP contribution in [-0.4, -0.2) is 38.5 Å². The lowest BCUT2D eigenvalue weighted by Crippen LogP contribution is -2.35. The van der Waals surface area contributed by atoms with Crippen LogP contribution in [0.1, 0.15) is 18.5 Å². The molecule has 2 aromatic heterocycles. The van der Waals surface area contributed by atoms with Crippen molar-refractivity contribution in [1.82, 2.24) is 19.5 Å². The number of halogens is 1. The molecule has 7 heteroatoms. The molecule has 1 saturated carbocycles. The van der Waals surface area contributed by atoms with Crippen LogP contribution in [-0.2, 0) is 6.54 Å². The molecule has 3 rings (SSSR count). The summed E-state index contributed by atoms with van der Waals surface area (Å²) < 4.78 is 1.79. The van der Waals surface area contributed by atoms with Crippen molar-refractivity contribution in [3.8, 4) is 0 Å². The Balaban J connectivity index is 0.00000133. The first-order chi connectivity index (χ1) is 8.75. The summed E-state index contributed by atoms with van der Waals surface area (Å²) in [6, 6.07) is 4.36. The van der Waals surface area contributed by atoms with Crippen LogP contribution in [0.3, 0.4) is 0 Å². The Morgan fingerprint density at radius 2 is 2.26 bits per heavy atom. The number of nitrogens with zero attached hydrogens (tertiary/aromatic N) is 5. The van der Waals surface area contributed by atoms with E-state index < -0.39 is 0 Å². The predicted octanol–water partition coefficient (Wildman–Crippen LogP) is 1.26. The van der Waals surface area contributed by atoms with Gasteiger partial charge in [0.05, 0.1) is 18.4 Å². The van der Waals surface area contributed by atoms with Gasteiger partial charge in [0.25, 0.3) is 0 Å². The molecule has 0 atom stereocenters. The van der Waals surface area contributed by atoms with Crippen LogP contribution in [0.25, 0.3) is 5.65 Å². The predicted molar refractivity (Wildman–Crippen MR) is 84.5 cm³/mol. The zero-order chi connectivity index (χ0) is 12.5. The maximum absolute atomic E-state index is 5.96. The molecule has 0 amide bonds. The van der Waals surface area contributed by atoms with Gasteiger partial charge in [-0.25, -0.2) is 14.5 Å². The number of aromatic nitrogens is 3. The molecule has 2 N–H and O–H groups in total. The van der Waals surface area contributed by atoms with E-state index in [9.17, 15) is 0 Å². The van der Waals surface area contributed by atoms with Crippen molar-refractivity contribution in [2.75, 3.05) is 7.05 Å². The van der Waals surface area contributed by atoms with Gasteiger partial charge >= 0.3 is 0 Å². The summed E-state index contributed by atoms with van der Waals surface area (Å²) in [5, 5.41) is 4.22. The van der Waals surface area contributed by atoms with Crippen LogP contribution < -0.4 is 5.73 Å². The van der Waals surface area contributed by atoms with Gasteiger partial charge in [-0.2, -0.15) is 5.10 Å². The molecule has 2 heterocycles. The maximum atomic E-state index is 5.96. The first-order valence-electron chi connectivity index (χ1n) is 6.06. The van der Waals surface area contributed by atoms with E-state index in [-0.39, 0.29) is 24.0 Å². The summed E-state index contributed by atoms with van der Waals surface area (Å²) in [5.41, 5.74) is 7.77. The van der Waals surface area contributed by atoms with Crippen molar-refractivity contribution in [3.05, 3.63) is 30.2 Å². The first kappa shape index (κ1) is 14.0. The van der Waals surface area contributed by atoms with Crippen LogP contribution >= 0.6 is 24.0 Å². The second-order valence-corrected chi connectivity index (χ2v) is 4.55. The quantitative estimate of drug-likeness (QED) is 0.500. The van der Waals surface area contributed by atoms with E-state index in [1.54, 1.807) is 16.9 Å². The summed E-state index contributed by atoms with van der Waals surface area (Å²) in [6.45, 7) is 0.517. The molecule has 1 aliphatic carbocycles. The molecule has 0 aromatic carbocycles. The number of aliphatic imine (C=N–C) groups is 1. The van der Waals surface area contributed by atoms with E-state index in [0.29, 0.717) is 18.5 Å². The Hall–Kier alpha value is -1.38. The number of hydrogen-bond acceptors (Lipinski definition) is 3. The molecule has 0 bridgehead atoms. The number of fused-ring (bicyclic) bond motifs is 1. The summed E-state index contributed by atoms with van der Waals surface area (Å²) in [5.74, 6) is 0.592. The average Bonchev–Trinajstić information content (AvgIpc) is 3.12. The highest BCUT2D eigenvalue weighted by molar-refractivity contribution is 14.0. The van der Waals surface area contributed by atoms with Crippen molar-refractivity contribution in [1.29, 1.82) is 0 Å². The molecule has 0 unspecified atom stereocenters. The van der Waals surface area contributed by atoms with E-state index in [1.807, 2.05) is 24.1 Å². The lowest BCUT2D eigenvalue weighted by atomic mass is 10.4. The third-order valence-corrected chi connectivity index (χ3v) is 3.23. The molecule has 102 valence electrons. The Labute approximate surface area is 128 Å². The van der Waals surface area contributed by atoms with Gasteiger partial charge in [0.1, 0.15) is 0 Å². The van der Waals surface area contributed by atoms with Crippen LogP contribution in [0.2, 0.25) is 0 Å². The van der Waals surface area contributed by atoms with Gasteiger partial charge in [-0.3, -0.25) is 0 Å². The van der Waals surface area contributed by atoms with Gasteiger partial charge in [0.2, 0.25) is 0 Å². The highest BCUT2D eigenvalue weighted by Crippen LogP contribution is 2.24. The number of nitrogens with two attached hydrogens (primary N) is 1. The molecule has 0 saturated heterocycles. The fourth-order valence-corrected chi connectivity index (χ4v) is 1.93. The lowest BCUT2D eigenvalue weighted by molar-refractivity contribution is 0.487. The minimum absolute atomic E-state index is 0. The van der Waals surface area contributed by atoms with Crippen molar-refractivity contribution < 1.29 is 0 Å². The molecular weight excluding hydrogens is 355 g/mol. The van der Waals surface area contributed by atoms with Gasteiger partial charge in [-0.15, -0.1) is 24.0 Å². The molecular formula is C12H17IN6. The molecule has 6 nitrogen and oxygen atoms in total. The van der Waals surface area contributed by atoms with Gasteiger partial charge in [-0.05, 0) is 18.9 Å². The first-order valence-corrected chi connectivity index (χ1v) is 6.06. The van der Waals surface area contributed by atoms with Crippen LogP contribution in [0.5, 0.6) is 0 Å². The van der Waals surface area contributed by atoms with Gasteiger partial charge in [0.15, 0.2) is 11.6 Å². The summed E-state index contributed by atoms with van der Waals surface area (Å²) >= 11 is 0. The van der Waals surface area contributed by atoms with Crippen molar-refractivity contribution >= 4 is 35.6 Å². The minimum Gasteiger partial charge on any atom is -0.370 e. The highest BCUT2D eigenvalue weighted by Gasteiger charge is 2.27. The normalized spacial score (nSPS) is 15.3. The monoisotopic (exact) mass is 372 g/mol. The fourth-order valence-electron chi connectivity index (χ4n) is 1.93. The van der Waals surface area contributed by atoms with E-state index in [2.05, 4.69) is 15.1 Å².